The molecule has 1 heterocycles. The number of hydrogen-bond acceptors (Lipinski definition) is 5. The van der Waals surface area contributed by atoms with Crippen molar-refractivity contribution in [2.45, 2.75) is 58.1 Å². The third-order valence-corrected chi connectivity index (χ3v) is 6.39. The van der Waals surface area contributed by atoms with Gasteiger partial charge in [-0.05, 0) is 43.9 Å². The van der Waals surface area contributed by atoms with E-state index in [1.807, 2.05) is 0 Å². The molecule has 1 aromatic rings. The van der Waals surface area contributed by atoms with Gasteiger partial charge in [-0.3, -0.25) is 14.9 Å². The van der Waals surface area contributed by atoms with E-state index in [4.69, 9.17) is 0 Å². The largest absolute Gasteiger partial charge is 0.432 e. The number of nitrogens with one attached hydrogen (secondary N) is 2. The topological polar surface area (TPSA) is 102 Å². The van der Waals surface area contributed by atoms with E-state index >= 15 is 0 Å². The van der Waals surface area contributed by atoms with Crippen molar-refractivity contribution in [3.8, 4) is 5.75 Å². The Morgan fingerprint density at radius 3 is 2.63 bits per heavy atom. The number of amides is 2. The van der Waals surface area contributed by atoms with Crippen molar-refractivity contribution in [3.05, 3.63) is 29.6 Å². The molecule has 0 aliphatic carbocycles. The molecule has 0 radical (unpaired) electrons. The molecule has 11 heteroatoms. The Kier molecular flexibility index (Phi) is 8.65. The SMILES string of the molecule is C[C@@H](NS(=O)(=O)CCCCCC1CCC(=O)NC1=O)c1ccc(F)c(OC(F)F)c1. The standard InChI is InChI=1S/C19H25F3N2O5S/c1-12(14-6-8-15(20)16(11-14)29-19(21)22)24-30(27,28)10-4-2-3-5-13-7-9-17(25)23-18(13)26/h6,8,11-13,19,24H,2-5,7,9-10H2,1H3,(H,23,25,26)/t12-,13?/m1/s1. The fraction of sp³-hybridized carbons (Fsp3) is 0.579. The van der Waals surface area contributed by atoms with Crippen LogP contribution in [0.2, 0.25) is 0 Å². The maximum Gasteiger partial charge on any atom is 0.387 e. The number of sulfonamides is 1. The summed E-state index contributed by atoms with van der Waals surface area (Å²) in [6.07, 6.45) is 3.04. The van der Waals surface area contributed by atoms with Crippen molar-refractivity contribution in [3.63, 3.8) is 0 Å². The van der Waals surface area contributed by atoms with Crippen molar-refractivity contribution < 1.29 is 35.9 Å². The molecule has 0 saturated carbocycles. The summed E-state index contributed by atoms with van der Waals surface area (Å²) in [7, 11) is -3.66. The molecule has 1 aliphatic rings. The lowest BCUT2D eigenvalue weighted by molar-refractivity contribution is -0.136. The normalized spacial score (nSPS) is 18.4. The fourth-order valence-corrected chi connectivity index (χ4v) is 4.62. The second-order valence-electron chi connectivity index (χ2n) is 7.22. The van der Waals surface area contributed by atoms with E-state index in [1.165, 1.54) is 13.0 Å². The number of hydrogen-bond donors (Lipinski definition) is 2. The van der Waals surface area contributed by atoms with E-state index in [2.05, 4.69) is 14.8 Å². The summed E-state index contributed by atoms with van der Waals surface area (Å²) in [5.41, 5.74) is 0.286. The number of benzene rings is 1. The predicted molar refractivity (Wildman–Crippen MR) is 103 cm³/mol. The average molecular weight is 450 g/mol. The second kappa shape index (κ2) is 10.8. The van der Waals surface area contributed by atoms with E-state index in [0.29, 0.717) is 38.5 Å². The summed E-state index contributed by atoms with van der Waals surface area (Å²) >= 11 is 0. The summed E-state index contributed by atoms with van der Waals surface area (Å²) in [4.78, 5) is 22.8. The number of unbranched alkanes of at least 4 members (excludes halogenated alkanes) is 2. The number of alkyl halides is 2. The van der Waals surface area contributed by atoms with Crippen LogP contribution in [0.4, 0.5) is 13.2 Å². The maximum atomic E-state index is 13.5. The number of piperidine rings is 1. The predicted octanol–water partition coefficient (Wildman–Crippen LogP) is 3.02. The van der Waals surface area contributed by atoms with Crippen molar-refractivity contribution in [1.29, 1.82) is 0 Å². The molecule has 2 N–H and O–H groups in total. The van der Waals surface area contributed by atoms with Crippen LogP contribution in [0.15, 0.2) is 18.2 Å². The highest BCUT2D eigenvalue weighted by molar-refractivity contribution is 7.89. The fourth-order valence-electron chi connectivity index (χ4n) is 3.25. The van der Waals surface area contributed by atoms with Gasteiger partial charge >= 0.3 is 6.61 Å². The third-order valence-electron chi connectivity index (χ3n) is 4.85. The first-order valence-electron chi connectivity index (χ1n) is 9.65. The quantitative estimate of drug-likeness (QED) is 0.399. The number of halogens is 3. The van der Waals surface area contributed by atoms with Crippen molar-refractivity contribution in [2.24, 2.45) is 5.92 Å². The highest BCUT2D eigenvalue weighted by Crippen LogP contribution is 2.25. The van der Waals surface area contributed by atoms with Crippen LogP contribution in [0.3, 0.4) is 0 Å². The van der Waals surface area contributed by atoms with E-state index < -0.39 is 34.2 Å². The molecule has 1 saturated heterocycles. The van der Waals surface area contributed by atoms with E-state index in [9.17, 15) is 31.2 Å². The summed E-state index contributed by atoms with van der Waals surface area (Å²) in [5, 5.41) is 2.29. The Bertz CT molecular complexity index is 864. The van der Waals surface area contributed by atoms with Gasteiger partial charge in [0.1, 0.15) is 0 Å². The van der Waals surface area contributed by atoms with Gasteiger partial charge in [-0.1, -0.05) is 18.9 Å². The molecule has 1 aliphatic heterocycles. The van der Waals surface area contributed by atoms with Crippen LogP contribution in [0.1, 0.15) is 57.1 Å². The first kappa shape index (κ1) is 24.1. The lowest BCUT2D eigenvalue weighted by atomic mass is 9.92. The van der Waals surface area contributed by atoms with Crippen LogP contribution in [-0.4, -0.2) is 32.6 Å². The summed E-state index contributed by atoms with van der Waals surface area (Å²) < 4.78 is 69.2. The first-order chi connectivity index (χ1) is 14.1. The minimum Gasteiger partial charge on any atom is -0.432 e. The maximum absolute atomic E-state index is 13.5. The Morgan fingerprint density at radius 1 is 1.23 bits per heavy atom. The van der Waals surface area contributed by atoms with Gasteiger partial charge in [-0.15, -0.1) is 0 Å². The second-order valence-corrected chi connectivity index (χ2v) is 9.10. The van der Waals surface area contributed by atoms with Gasteiger partial charge in [0.25, 0.3) is 0 Å². The smallest absolute Gasteiger partial charge is 0.387 e. The van der Waals surface area contributed by atoms with Crippen molar-refractivity contribution in [2.75, 3.05) is 5.75 Å². The summed E-state index contributed by atoms with van der Waals surface area (Å²) in [6, 6.07) is 2.50. The van der Waals surface area contributed by atoms with Crippen LogP contribution in [0, 0.1) is 11.7 Å². The molecule has 0 spiro atoms. The number of carbonyl (C=O) groups is 2. The highest BCUT2D eigenvalue weighted by Gasteiger charge is 2.26. The Morgan fingerprint density at radius 2 is 1.97 bits per heavy atom. The van der Waals surface area contributed by atoms with Crippen LogP contribution < -0.4 is 14.8 Å². The van der Waals surface area contributed by atoms with E-state index in [0.717, 1.165) is 12.1 Å². The zero-order valence-electron chi connectivity index (χ0n) is 16.5. The molecule has 1 unspecified atom stereocenters. The number of carbonyl (C=O) groups excluding carboxylic acids is 2. The number of rotatable bonds is 11. The molecule has 7 nitrogen and oxygen atoms in total. The summed E-state index contributed by atoms with van der Waals surface area (Å²) in [5.74, 6) is -2.53. The van der Waals surface area contributed by atoms with Gasteiger partial charge < -0.3 is 4.74 Å². The van der Waals surface area contributed by atoms with Gasteiger partial charge in [0.2, 0.25) is 21.8 Å². The van der Waals surface area contributed by atoms with Gasteiger partial charge in [-0.2, -0.15) is 8.78 Å². The molecule has 1 aromatic carbocycles. The van der Waals surface area contributed by atoms with Crippen molar-refractivity contribution >= 4 is 21.8 Å². The molecule has 1 fully saturated rings. The molecule has 0 bridgehead atoms. The van der Waals surface area contributed by atoms with Crippen LogP contribution in [0.25, 0.3) is 0 Å². The average Bonchev–Trinajstić information content (AvgIpc) is 2.64. The number of ether oxygens (including phenoxy) is 1. The van der Waals surface area contributed by atoms with Gasteiger partial charge in [0.15, 0.2) is 11.6 Å². The molecule has 2 amide bonds. The molecular formula is C19H25F3N2O5S. The molecule has 30 heavy (non-hydrogen) atoms. The Labute approximate surface area is 173 Å². The zero-order chi connectivity index (χ0) is 22.3. The molecule has 2 atom stereocenters. The molecular weight excluding hydrogens is 425 g/mol. The Hall–Kier alpha value is -2.14. The van der Waals surface area contributed by atoms with E-state index in [-0.39, 0.29) is 29.0 Å². The first-order valence-corrected chi connectivity index (χ1v) is 11.3. The minimum absolute atomic E-state index is 0.145. The minimum atomic E-state index is -3.66. The van der Waals surface area contributed by atoms with Crippen LogP contribution >= 0.6 is 0 Å². The van der Waals surface area contributed by atoms with Crippen molar-refractivity contribution in [1.82, 2.24) is 10.0 Å². The summed E-state index contributed by atoms with van der Waals surface area (Å²) in [6.45, 7) is -1.68. The Balaban J connectivity index is 1.78. The lowest BCUT2D eigenvalue weighted by Crippen LogP contribution is -2.40. The van der Waals surface area contributed by atoms with Gasteiger partial charge in [-0.25, -0.2) is 17.5 Å². The third kappa shape index (κ3) is 7.60. The van der Waals surface area contributed by atoms with E-state index in [1.54, 1.807) is 0 Å². The lowest BCUT2D eigenvalue weighted by Gasteiger charge is -2.20. The molecule has 0 aromatic heterocycles. The van der Waals surface area contributed by atoms with Gasteiger partial charge in [0, 0.05) is 18.4 Å². The monoisotopic (exact) mass is 450 g/mol. The number of imide groups is 1. The molecule has 168 valence electrons. The zero-order valence-corrected chi connectivity index (χ0v) is 17.3. The van der Waals surface area contributed by atoms with Crippen LogP contribution in [0.5, 0.6) is 5.75 Å². The molecule has 2 rings (SSSR count). The van der Waals surface area contributed by atoms with Crippen LogP contribution in [-0.2, 0) is 19.6 Å². The highest BCUT2D eigenvalue weighted by atomic mass is 32.2. The van der Waals surface area contributed by atoms with Gasteiger partial charge in [0.05, 0.1) is 5.75 Å².